The molecule has 2 rings (SSSR count). The quantitative estimate of drug-likeness (QED) is 0.662. The molecule has 2 N–H and O–H groups in total. The molecule has 0 aliphatic rings. The maximum Gasteiger partial charge on any atom is 0.407 e. The lowest BCUT2D eigenvalue weighted by atomic mass is 10.0. The van der Waals surface area contributed by atoms with E-state index in [0.29, 0.717) is 25.1 Å². The first kappa shape index (κ1) is 23.3. The summed E-state index contributed by atoms with van der Waals surface area (Å²) in [7, 11) is 0. The maximum atomic E-state index is 12.9. The van der Waals surface area contributed by atoms with E-state index < -0.39 is 11.7 Å². The van der Waals surface area contributed by atoms with E-state index in [0.717, 1.165) is 16.9 Å². The van der Waals surface area contributed by atoms with Crippen LogP contribution in [-0.4, -0.2) is 30.8 Å². The van der Waals surface area contributed by atoms with E-state index in [1.165, 1.54) is 0 Å². The summed E-state index contributed by atoms with van der Waals surface area (Å²) in [6.07, 6.45) is 0.0637. The van der Waals surface area contributed by atoms with Gasteiger partial charge in [-0.25, -0.2) is 4.79 Å². The van der Waals surface area contributed by atoms with Gasteiger partial charge in [0.05, 0.1) is 12.6 Å². The number of hydrogen-bond acceptors (Lipinski definition) is 4. The van der Waals surface area contributed by atoms with Crippen LogP contribution in [0.1, 0.15) is 62.1 Å². The molecule has 2 aromatic rings. The Labute approximate surface area is 179 Å². The second-order valence-electron chi connectivity index (χ2n) is 8.03. The third-order valence-electron chi connectivity index (χ3n) is 4.36. The highest BCUT2D eigenvalue weighted by molar-refractivity contribution is 5.96. The predicted octanol–water partition coefficient (Wildman–Crippen LogP) is 4.64. The average Bonchev–Trinajstić information content (AvgIpc) is 2.67. The van der Waals surface area contributed by atoms with Crippen LogP contribution in [0, 0.1) is 0 Å². The van der Waals surface area contributed by atoms with E-state index in [4.69, 9.17) is 9.47 Å². The van der Waals surface area contributed by atoms with Gasteiger partial charge in [0, 0.05) is 12.1 Å². The van der Waals surface area contributed by atoms with Crippen LogP contribution in [-0.2, 0) is 11.2 Å². The molecule has 0 saturated heterocycles. The maximum absolute atomic E-state index is 12.9. The van der Waals surface area contributed by atoms with Crippen molar-refractivity contribution in [1.29, 1.82) is 0 Å². The molecule has 0 aliphatic heterocycles. The van der Waals surface area contributed by atoms with Gasteiger partial charge in [-0.15, -0.1) is 0 Å². The summed E-state index contributed by atoms with van der Waals surface area (Å²) in [6.45, 7) is 10.3. The Kier molecular flexibility index (Phi) is 8.27. The summed E-state index contributed by atoms with van der Waals surface area (Å²) in [5, 5.41) is 5.77. The summed E-state index contributed by atoms with van der Waals surface area (Å²) in [5.41, 5.74) is 1.92. The van der Waals surface area contributed by atoms with E-state index in [2.05, 4.69) is 10.6 Å². The second kappa shape index (κ2) is 10.7. The minimum absolute atomic E-state index is 0.149. The molecule has 0 bridgehead atoms. The molecule has 0 saturated carbocycles. The zero-order valence-corrected chi connectivity index (χ0v) is 18.5. The molecule has 0 aromatic heterocycles. The number of amides is 2. The number of alkyl carbamates (subject to hydrolysis) is 1. The van der Waals surface area contributed by atoms with E-state index >= 15 is 0 Å². The molecule has 0 aliphatic carbocycles. The van der Waals surface area contributed by atoms with Crippen molar-refractivity contribution in [3.63, 3.8) is 0 Å². The van der Waals surface area contributed by atoms with Crippen molar-refractivity contribution in [3.8, 4) is 5.75 Å². The summed E-state index contributed by atoms with van der Waals surface area (Å²) in [6, 6.07) is 15.0. The van der Waals surface area contributed by atoms with Gasteiger partial charge in [0.1, 0.15) is 11.4 Å². The van der Waals surface area contributed by atoms with Crippen molar-refractivity contribution >= 4 is 12.0 Å². The zero-order valence-electron chi connectivity index (χ0n) is 18.5. The second-order valence-corrected chi connectivity index (χ2v) is 8.03. The highest BCUT2D eigenvalue weighted by Gasteiger charge is 2.17. The number of rotatable bonds is 8. The van der Waals surface area contributed by atoms with Crippen molar-refractivity contribution < 1.29 is 19.1 Å². The smallest absolute Gasteiger partial charge is 0.407 e. The topological polar surface area (TPSA) is 76.7 Å². The van der Waals surface area contributed by atoms with Crippen molar-refractivity contribution in [1.82, 2.24) is 10.6 Å². The minimum atomic E-state index is -0.543. The van der Waals surface area contributed by atoms with Gasteiger partial charge in [0.15, 0.2) is 0 Å². The first-order valence-corrected chi connectivity index (χ1v) is 10.3. The van der Waals surface area contributed by atoms with E-state index in [9.17, 15) is 9.59 Å². The van der Waals surface area contributed by atoms with Crippen LogP contribution in [0.2, 0.25) is 0 Å². The third-order valence-corrected chi connectivity index (χ3v) is 4.36. The lowest BCUT2D eigenvalue weighted by Crippen LogP contribution is -2.34. The zero-order chi connectivity index (χ0) is 22.1. The number of nitrogens with one attached hydrogen (secondary N) is 2. The van der Waals surface area contributed by atoms with Gasteiger partial charge in [-0.3, -0.25) is 4.79 Å². The highest BCUT2D eigenvalue weighted by Crippen LogP contribution is 2.19. The molecule has 1 atom stereocenters. The molecule has 162 valence electrons. The number of hydrogen-bond donors (Lipinski definition) is 2. The summed E-state index contributed by atoms with van der Waals surface area (Å²) in [5.74, 6) is 0.659. The van der Waals surface area contributed by atoms with Crippen LogP contribution in [0.3, 0.4) is 0 Å². The molecule has 0 fully saturated rings. The molecular weight excluding hydrogens is 380 g/mol. The Balaban J connectivity index is 1.96. The van der Waals surface area contributed by atoms with Crippen molar-refractivity contribution in [2.45, 2.75) is 52.7 Å². The number of benzene rings is 2. The lowest BCUT2D eigenvalue weighted by Gasteiger charge is -2.20. The fourth-order valence-electron chi connectivity index (χ4n) is 2.95. The van der Waals surface area contributed by atoms with Gasteiger partial charge < -0.3 is 20.1 Å². The number of ether oxygens (including phenoxy) is 2. The Morgan fingerprint density at radius 3 is 2.33 bits per heavy atom. The normalized spacial score (nSPS) is 12.0. The van der Waals surface area contributed by atoms with Gasteiger partial charge >= 0.3 is 6.09 Å². The molecule has 2 aromatic carbocycles. The molecule has 30 heavy (non-hydrogen) atoms. The molecule has 0 radical (unpaired) electrons. The average molecular weight is 413 g/mol. The number of carbonyl (C=O) groups excluding carboxylic acids is 2. The Bertz CT molecular complexity index is 841. The van der Waals surface area contributed by atoms with Crippen LogP contribution in [0.25, 0.3) is 0 Å². The van der Waals surface area contributed by atoms with Crippen LogP contribution in [0.5, 0.6) is 5.75 Å². The van der Waals surface area contributed by atoms with Crippen LogP contribution in [0.4, 0.5) is 4.79 Å². The first-order chi connectivity index (χ1) is 14.2. The Hall–Kier alpha value is -3.02. The predicted molar refractivity (Wildman–Crippen MR) is 118 cm³/mol. The van der Waals surface area contributed by atoms with Crippen molar-refractivity contribution in [2.75, 3.05) is 13.2 Å². The van der Waals surface area contributed by atoms with Crippen LogP contribution in [0.15, 0.2) is 48.5 Å². The molecular formula is C24H32N2O4. The SMILES string of the molecule is CCOc1ccc([C@@H](C)NC(=O)c2ccccc2CCNC(=O)OC(C)(C)C)cc1. The first-order valence-electron chi connectivity index (χ1n) is 10.3. The largest absolute Gasteiger partial charge is 0.494 e. The third kappa shape index (κ3) is 7.43. The minimum Gasteiger partial charge on any atom is -0.494 e. The fraction of sp³-hybridized carbons (Fsp3) is 0.417. The fourth-order valence-corrected chi connectivity index (χ4v) is 2.95. The van der Waals surface area contributed by atoms with Crippen LogP contribution >= 0.6 is 0 Å². The Morgan fingerprint density at radius 2 is 1.70 bits per heavy atom. The monoisotopic (exact) mass is 412 g/mol. The van der Waals surface area contributed by atoms with Crippen molar-refractivity contribution in [2.24, 2.45) is 0 Å². The van der Waals surface area contributed by atoms with E-state index in [-0.39, 0.29) is 11.9 Å². The van der Waals surface area contributed by atoms with Gasteiger partial charge in [0.2, 0.25) is 0 Å². The molecule has 0 unspecified atom stereocenters. The lowest BCUT2D eigenvalue weighted by molar-refractivity contribution is 0.0528. The van der Waals surface area contributed by atoms with Gasteiger partial charge in [-0.1, -0.05) is 30.3 Å². The highest BCUT2D eigenvalue weighted by atomic mass is 16.6. The van der Waals surface area contributed by atoms with Gasteiger partial charge in [-0.05, 0) is 70.4 Å². The van der Waals surface area contributed by atoms with Crippen molar-refractivity contribution in [3.05, 3.63) is 65.2 Å². The van der Waals surface area contributed by atoms with Crippen LogP contribution < -0.4 is 15.4 Å². The number of carbonyl (C=O) groups is 2. The molecule has 0 heterocycles. The van der Waals surface area contributed by atoms with Gasteiger partial charge in [0.25, 0.3) is 5.91 Å². The summed E-state index contributed by atoms with van der Waals surface area (Å²) >= 11 is 0. The molecule has 2 amide bonds. The van der Waals surface area contributed by atoms with E-state index in [1.807, 2.05) is 77.1 Å². The van der Waals surface area contributed by atoms with Gasteiger partial charge in [-0.2, -0.15) is 0 Å². The summed E-state index contributed by atoms with van der Waals surface area (Å²) in [4.78, 5) is 24.7. The molecule has 6 nitrogen and oxygen atoms in total. The van der Waals surface area contributed by atoms with E-state index in [1.54, 1.807) is 6.07 Å². The molecule has 0 spiro atoms. The Morgan fingerprint density at radius 1 is 1.03 bits per heavy atom. The standard InChI is InChI=1S/C24H32N2O4/c1-6-29-20-13-11-18(12-14-20)17(2)26-22(27)21-10-8-7-9-19(21)15-16-25-23(28)30-24(3,4)5/h7-14,17H,6,15-16H2,1-5H3,(H,25,28)(H,26,27)/t17-/m1/s1. The molecule has 6 heteroatoms. The summed E-state index contributed by atoms with van der Waals surface area (Å²) < 4.78 is 10.7.